The van der Waals surface area contributed by atoms with Crippen LogP contribution in [0.15, 0.2) is 12.1 Å². The number of thiophene rings is 1. The van der Waals surface area contributed by atoms with Crippen LogP contribution in [0.25, 0.3) is 0 Å². The largest absolute Gasteiger partial charge is 0.481 e. The number of carbonyl (C=O) groups is 1. The van der Waals surface area contributed by atoms with Gasteiger partial charge < -0.3 is 5.11 Å². The van der Waals surface area contributed by atoms with Crippen LogP contribution in [0, 0.1) is 12.3 Å². The van der Waals surface area contributed by atoms with Crippen molar-refractivity contribution in [1.82, 2.24) is 0 Å². The van der Waals surface area contributed by atoms with Crippen LogP contribution < -0.4 is 0 Å². The fourth-order valence-corrected chi connectivity index (χ4v) is 4.04. The van der Waals surface area contributed by atoms with Gasteiger partial charge >= 0.3 is 5.97 Å². The number of rotatable bonds is 5. The molecule has 0 radical (unpaired) electrons. The average Bonchev–Trinajstić information content (AvgIpc) is 2.73. The Morgan fingerprint density at radius 1 is 1.33 bits per heavy atom. The number of carboxylic acid groups (broad SMARTS) is 1. The summed E-state index contributed by atoms with van der Waals surface area (Å²) < 4.78 is 0. The lowest BCUT2D eigenvalue weighted by Gasteiger charge is -2.36. The number of carboxylic acids is 1. The van der Waals surface area contributed by atoms with E-state index >= 15 is 0 Å². The summed E-state index contributed by atoms with van der Waals surface area (Å²) in [5, 5.41) is 9.13. The lowest BCUT2D eigenvalue weighted by atomic mass is 9.69. The molecule has 3 heteroatoms. The van der Waals surface area contributed by atoms with Crippen molar-refractivity contribution in [2.45, 2.75) is 58.3 Å². The fraction of sp³-hybridized carbons (Fsp3) is 0.667. The van der Waals surface area contributed by atoms with Gasteiger partial charge in [-0.15, -0.1) is 11.3 Å². The molecule has 2 rings (SSSR count). The topological polar surface area (TPSA) is 37.3 Å². The van der Waals surface area contributed by atoms with Crippen molar-refractivity contribution in [1.29, 1.82) is 0 Å². The second-order valence-electron chi connectivity index (χ2n) is 5.64. The SMILES string of the molecule is Cc1ccc(CCC2(CC(=O)O)CCCCC2)s1. The smallest absolute Gasteiger partial charge is 0.303 e. The first-order valence-corrected chi connectivity index (χ1v) is 7.68. The Kier molecular flexibility index (Phi) is 4.44. The van der Waals surface area contributed by atoms with Crippen LogP contribution in [0.4, 0.5) is 0 Å². The van der Waals surface area contributed by atoms with Crippen LogP contribution in [0.3, 0.4) is 0 Å². The van der Waals surface area contributed by atoms with Crippen LogP contribution in [0.1, 0.15) is 54.7 Å². The number of hydrogen-bond acceptors (Lipinski definition) is 2. The molecule has 1 aliphatic rings. The molecule has 1 fully saturated rings. The van der Waals surface area contributed by atoms with Gasteiger partial charge in [0.25, 0.3) is 0 Å². The molecular formula is C15H22O2S. The summed E-state index contributed by atoms with van der Waals surface area (Å²) in [5.74, 6) is -0.626. The molecule has 1 aliphatic carbocycles. The standard InChI is InChI=1S/C15H22O2S/c1-12-5-6-13(18-12)7-10-15(11-14(16)17)8-3-2-4-9-15/h5-6H,2-4,7-11H2,1H3,(H,16,17). The van der Waals surface area contributed by atoms with Crippen molar-refractivity contribution < 1.29 is 9.90 Å². The highest BCUT2D eigenvalue weighted by Crippen LogP contribution is 2.43. The first-order valence-electron chi connectivity index (χ1n) is 6.87. The molecule has 0 aromatic carbocycles. The lowest BCUT2D eigenvalue weighted by molar-refractivity contribution is -0.140. The maximum Gasteiger partial charge on any atom is 0.303 e. The number of aryl methyl sites for hydroxylation is 2. The van der Waals surface area contributed by atoms with Crippen LogP contribution in [-0.2, 0) is 11.2 Å². The van der Waals surface area contributed by atoms with Crippen LogP contribution in [-0.4, -0.2) is 11.1 Å². The third-order valence-corrected chi connectivity index (χ3v) is 5.20. The molecular weight excluding hydrogens is 244 g/mol. The minimum atomic E-state index is -0.626. The Balaban J connectivity index is 1.98. The van der Waals surface area contributed by atoms with E-state index in [1.807, 2.05) is 11.3 Å². The van der Waals surface area contributed by atoms with Gasteiger partial charge in [-0.25, -0.2) is 0 Å². The minimum absolute atomic E-state index is 0.0714. The molecule has 100 valence electrons. The average molecular weight is 266 g/mol. The third-order valence-electron chi connectivity index (χ3n) is 4.14. The van der Waals surface area contributed by atoms with E-state index in [4.69, 9.17) is 5.11 Å². The summed E-state index contributed by atoms with van der Waals surface area (Å²) in [7, 11) is 0. The monoisotopic (exact) mass is 266 g/mol. The summed E-state index contributed by atoms with van der Waals surface area (Å²) in [4.78, 5) is 13.8. The second kappa shape index (κ2) is 5.87. The molecule has 0 amide bonds. The Morgan fingerprint density at radius 2 is 2.06 bits per heavy atom. The summed E-state index contributed by atoms with van der Waals surface area (Å²) in [5.41, 5.74) is 0.0714. The Hall–Kier alpha value is -0.830. The van der Waals surface area contributed by atoms with Gasteiger partial charge in [0, 0.05) is 9.75 Å². The van der Waals surface area contributed by atoms with Gasteiger partial charge in [-0.05, 0) is 50.2 Å². The predicted molar refractivity (Wildman–Crippen MR) is 75.1 cm³/mol. The van der Waals surface area contributed by atoms with Crippen LogP contribution in [0.2, 0.25) is 0 Å². The first-order chi connectivity index (χ1) is 8.60. The van der Waals surface area contributed by atoms with Crippen molar-refractivity contribution in [2.24, 2.45) is 5.41 Å². The molecule has 2 nitrogen and oxygen atoms in total. The van der Waals surface area contributed by atoms with Gasteiger partial charge in [-0.1, -0.05) is 19.3 Å². The number of aliphatic carboxylic acids is 1. The van der Waals surface area contributed by atoms with E-state index in [1.165, 1.54) is 29.0 Å². The van der Waals surface area contributed by atoms with Crippen molar-refractivity contribution in [3.8, 4) is 0 Å². The quantitative estimate of drug-likeness (QED) is 0.857. The third kappa shape index (κ3) is 3.58. The summed E-state index contributed by atoms with van der Waals surface area (Å²) in [6.07, 6.45) is 8.34. The molecule has 0 spiro atoms. The Morgan fingerprint density at radius 3 is 2.61 bits per heavy atom. The molecule has 0 saturated heterocycles. The molecule has 1 N–H and O–H groups in total. The summed E-state index contributed by atoms with van der Waals surface area (Å²) in [6, 6.07) is 4.35. The minimum Gasteiger partial charge on any atom is -0.481 e. The molecule has 0 bridgehead atoms. The molecule has 0 atom stereocenters. The van der Waals surface area contributed by atoms with Crippen molar-refractivity contribution in [3.05, 3.63) is 21.9 Å². The van der Waals surface area contributed by atoms with Crippen molar-refractivity contribution in [2.75, 3.05) is 0 Å². The van der Waals surface area contributed by atoms with E-state index in [2.05, 4.69) is 19.1 Å². The summed E-state index contributed by atoms with van der Waals surface area (Å²) in [6.45, 7) is 2.13. The highest BCUT2D eigenvalue weighted by molar-refractivity contribution is 7.11. The van der Waals surface area contributed by atoms with Crippen molar-refractivity contribution >= 4 is 17.3 Å². The van der Waals surface area contributed by atoms with Gasteiger partial charge in [0.05, 0.1) is 6.42 Å². The maximum absolute atomic E-state index is 11.1. The summed E-state index contributed by atoms with van der Waals surface area (Å²) >= 11 is 1.85. The van der Waals surface area contributed by atoms with Crippen LogP contribution >= 0.6 is 11.3 Å². The normalized spacial score (nSPS) is 18.7. The van der Waals surface area contributed by atoms with E-state index in [-0.39, 0.29) is 5.41 Å². The predicted octanol–water partition coefficient (Wildman–Crippen LogP) is 4.41. The lowest BCUT2D eigenvalue weighted by Crippen LogP contribution is -2.28. The van der Waals surface area contributed by atoms with E-state index in [9.17, 15) is 4.79 Å². The van der Waals surface area contributed by atoms with Gasteiger partial charge in [0.2, 0.25) is 0 Å². The molecule has 0 aliphatic heterocycles. The molecule has 0 unspecified atom stereocenters. The van der Waals surface area contributed by atoms with Crippen LogP contribution in [0.5, 0.6) is 0 Å². The van der Waals surface area contributed by atoms with E-state index in [0.717, 1.165) is 25.7 Å². The second-order valence-corrected chi connectivity index (χ2v) is 7.02. The molecule has 1 aromatic rings. The fourth-order valence-electron chi connectivity index (χ4n) is 3.15. The van der Waals surface area contributed by atoms with E-state index < -0.39 is 5.97 Å². The first kappa shape index (κ1) is 13.6. The zero-order valence-electron chi connectivity index (χ0n) is 11.1. The molecule has 1 saturated carbocycles. The molecule has 1 aromatic heterocycles. The van der Waals surface area contributed by atoms with Crippen molar-refractivity contribution in [3.63, 3.8) is 0 Å². The highest BCUT2D eigenvalue weighted by Gasteiger charge is 2.33. The number of hydrogen-bond donors (Lipinski definition) is 1. The molecule has 18 heavy (non-hydrogen) atoms. The van der Waals surface area contributed by atoms with Gasteiger partial charge in [-0.2, -0.15) is 0 Å². The van der Waals surface area contributed by atoms with Gasteiger partial charge in [0.15, 0.2) is 0 Å². The van der Waals surface area contributed by atoms with Gasteiger partial charge in [-0.3, -0.25) is 4.79 Å². The molecule has 1 heterocycles. The zero-order chi connectivity index (χ0) is 13.0. The Labute approximate surface area is 113 Å². The zero-order valence-corrected chi connectivity index (χ0v) is 11.9. The van der Waals surface area contributed by atoms with E-state index in [0.29, 0.717) is 6.42 Å². The Bertz CT molecular complexity index is 402. The maximum atomic E-state index is 11.1. The van der Waals surface area contributed by atoms with Gasteiger partial charge in [0.1, 0.15) is 0 Å². The highest BCUT2D eigenvalue weighted by atomic mass is 32.1. The van der Waals surface area contributed by atoms with E-state index in [1.54, 1.807) is 0 Å².